The van der Waals surface area contributed by atoms with E-state index in [1.165, 1.54) is 0 Å². The predicted octanol–water partition coefficient (Wildman–Crippen LogP) is 1.64. The number of carbonyl (C=O) groups excluding carboxylic acids is 1. The number of nitrogens with one attached hydrogen (secondary N) is 3. The predicted molar refractivity (Wildman–Crippen MR) is 97.1 cm³/mol. The Morgan fingerprint density at radius 3 is 2.83 bits per heavy atom. The van der Waals surface area contributed by atoms with Gasteiger partial charge in [-0.15, -0.1) is 0 Å². The van der Waals surface area contributed by atoms with Gasteiger partial charge < -0.3 is 20.7 Å². The van der Waals surface area contributed by atoms with Gasteiger partial charge in [-0.3, -0.25) is 9.78 Å². The molecule has 0 spiro atoms. The van der Waals surface area contributed by atoms with E-state index in [1.54, 1.807) is 24.5 Å². The topological polar surface area (TPSA) is 87.6 Å². The molecule has 24 heavy (non-hydrogen) atoms. The molecule has 0 aliphatic carbocycles. The molecule has 0 unspecified atom stereocenters. The van der Waals surface area contributed by atoms with Crippen LogP contribution in [0, 0.1) is 5.92 Å². The van der Waals surface area contributed by atoms with Gasteiger partial charge in [-0.1, -0.05) is 13.8 Å². The Morgan fingerprint density at radius 2 is 2.17 bits per heavy atom. The number of amides is 1. The van der Waals surface area contributed by atoms with Crippen molar-refractivity contribution in [2.24, 2.45) is 10.9 Å². The van der Waals surface area contributed by atoms with E-state index >= 15 is 0 Å². The Hall–Kier alpha value is -2.15. The van der Waals surface area contributed by atoms with Gasteiger partial charge in [0, 0.05) is 25.9 Å². The minimum absolute atomic E-state index is 0.0401. The second-order valence-corrected chi connectivity index (χ2v) is 5.71. The van der Waals surface area contributed by atoms with Crippen molar-refractivity contribution in [1.82, 2.24) is 15.6 Å². The molecule has 0 saturated heterocycles. The van der Waals surface area contributed by atoms with E-state index in [-0.39, 0.29) is 12.5 Å². The van der Waals surface area contributed by atoms with Gasteiger partial charge in [0.2, 0.25) is 5.91 Å². The number of ether oxygens (including phenoxy) is 1. The van der Waals surface area contributed by atoms with E-state index in [2.05, 4.69) is 39.8 Å². The number of guanidine groups is 1. The van der Waals surface area contributed by atoms with Gasteiger partial charge in [0.05, 0.1) is 18.5 Å². The van der Waals surface area contributed by atoms with Gasteiger partial charge in [-0.25, -0.2) is 4.99 Å². The lowest BCUT2D eigenvalue weighted by Crippen LogP contribution is -2.39. The van der Waals surface area contributed by atoms with Gasteiger partial charge >= 0.3 is 0 Å². The molecule has 134 valence electrons. The molecule has 0 bridgehead atoms. The number of aliphatic imine (C=N–C) groups is 1. The molecule has 7 heteroatoms. The minimum Gasteiger partial charge on any atom is -0.380 e. The highest BCUT2D eigenvalue weighted by molar-refractivity contribution is 5.93. The molecular weight excluding hydrogens is 306 g/mol. The highest BCUT2D eigenvalue weighted by Crippen LogP contribution is 2.01. The van der Waals surface area contributed by atoms with Crippen LogP contribution in [0.15, 0.2) is 29.5 Å². The second kappa shape index (κ2) is 12.3. The number of hydrogen-bond donors (Lipinski definition) is 3. The summed E-state index contributed by atoms with van der Waals surface area (Å²) in [4.78, 5) is 20.1. The summed E-state index contributed by atoms with van der Waals surface area (Å²) >= 11 is 0. The summed E-state index contributed by atoms with van der Waals surface area (Å²) in [6.45, 7) is 9.12. The molecule has 0 aliphatic heterocycles. The fourth-order valence-electron chi connectivity index (χ4n) is 1.79. The summed E-state index contributed by atoms with van der Waals surface area (Å²) < 4.78 is 5.55. The summed E-state index contributed by atoms with van der Waals surface area (Å²) in [5.41, 5.74) is 0.661. The van der Waals surface area contributed by atoms with Crippen LogP contribution in [0.4, 0.5) is 5.69 Å². The van der Waals surface area contributed by atoms with Crippen molar-refractivity contribution in [3.63, 3.8) is 0 Å². The lowest BCUT2D eigenvalue weighted by molar-refractivity contribution is -0.114. The number of anilines is 1. The zero-order valence-corrected chi connectivity index (χ0v) is 14.8. The molecule has 0 radical (unpaired) electrons. The lowest BCUT2D eigenvalue weighted by atomic mass is 10.1. The second-order valence-electron chi connectivity index (χ2n) is 5.71. The third kappa shape index (κ3) is 9.78. The Labute approximate surface area is 144 Å². The number of nitrogens with zero attached hydrogens (tertiary/aromatic N) is 2. The third-order valence-corrected chi connectivity index (χ3v) is 3.05. The fraction of sp³-hybridized carbons (Fsp3) is 0.588. The number of pyridine rings is 1. The molecule has 0 aromatic carbocycles. The third-order valence-electron chi connectivity index (χ3n) is 3.05. The van der Waals surface area contributed by atoms with Crippen LogP contribution in [0.3, 0.4) is 0 Å². The Bertz CT molecular complexity index is 491. The van der Waals surface area contributed by atoms with Crippen molar-refractivity contribution in [2.45, 2.75) is 27.2 Å². The molecule has 1 rings (SSSR count). The van der Waals surface area contributed by atoms with Crippen LogP contribution in [0.25, 0.3) is 0 Å². The average Bonchev–Trinajstić information content (AvgIpc) is 2.56. The van der Waals surface area contributed by atoms with E-state index in [9.17, 15) is 4.79 Å². The Balaban J connectivity index is 2.29. The van der Waals surface area contributed by atoms with Crippen molar-refractivity contribution in [2.75, 3.05) is 38.2 Å². The van der Waals surface area contributed by atoms with Gasteiger partial charge in [0.15, 0.2) is 5.96 Å². The normalized spacial score (nSPS) is 11.4. The van der Waals surface area contributed by atoms with Crippen LogP contribution in [-0.2, 0) is 9.53 Å². The summed E-state index contributed by atoms with van der Waals surface area (Å²) in [5, 5.41) is 9.00. The van der Waals surface area contributed by atoms with Crippen molar-refractivity contribution < 1.29 is 9.53 Å². The summed E-state index contributed by atoms with van der Waals surface area (Å²) in [7, 11) is 0. The zero-order valence-electron chi connectivity index (χ0n) is 14.8. The van der Waals surface area contributed by atoms with E-state index < -0.39 is 0 Å². The Kier molecular flexibility index (Phi) is 10.2. The Morgan fingerprint density at radius 1 is 1.33 bits per heavy atom. The summed E-state index contributed by atoms with van der Waals surface area (Å²) in [6, 6.07) is 3.55. The molecule has 7 nitrogen and oxygen atoms in total. The van der Waals surface area contributed by atoms with Crippen LogP contribution in [0.5, 0.6) is 0 Å². The first-order valence-corrected chi connectivity index (χ1v) is 8.41. The fourth-order valence-corrected chi connectivity index (χ4v) is 1.79. The number of aromatic nitrogens is 1. The van der Waals surface area contributed by atoms with Crippen LogP contribution in [0.2, 0.25) is 0 Å². The summed E-state index contributed by atoms with van der Waals surface area (Å²) in [6.07, 6.45) is 4.31. The zero-order chi connectivity index (χ0) is 17.6. The summed E-state index contributed by atoms with van der Waals surface area (Å²) in [5.74, 6) is 1.06. The first kappa shape index (κ1) is 19.9. The molecule has 0 atom stereocenters. The van der Waals surface area contributed by atoms with E-state index in [0.29, 0.717) is 30.7 Å². The SMILES string of the molecule is CCNC(=NCC(=O)Nc1cccnc1)NCCOCCC(C)C. The quantitative estimate of drug-likeness (QED) is 0.344. The highest BCUT2D eigenvalue weighted by atomic mass is 16.5. The molecular formula is C17H29N5O2. The molecule has 1 aromatic rings. The number of carbonyl (C=O) groups is 1. The maximum atomic E-state index is 11.9. The van der Waals surface area contributed by atoms with Crippen LogP contribution >= 0.6 is 0 Å². The van der Waals surface area contributed by atoms with Gasteiger partial charge in [0.1, 0.15) is 6.54 Å². The van der Waals surface area contributed by atoms with Crippen molar-refractivity contribution in [1.29, 1.82) is 0 Å². The standard InChI is InChI=1S/C17H29N5O2/c1-4-19-17(20-9-11-24-10-7-14(2)3)21-13-16(23)22-15-6-5-8-18-12-15/h5-6,8,12,14H,4,7,9-11,13H2,1-3H3,(H,22,23)(H2,19,20,21). The molecule has 1 amide bonds. The molecule has 0 fully saturated rings. The molecule has 0 aliphatic rings. The molecule has 3 N–H and O–H groups in total. The van der Waals surface area contributed by atoms with Crippen molar-refractivity contribution in [3.05, 3.63) is 24.5 Å². The van der Waals surface area contributed by atoms with Gasteiger partial charge in [-0.05, 0) is 31.4 Å². The van der Waals surface area contributed by atoms with Crippen molar-refractivity contribution in [3.8, 4) is 0 Å². The monoisotopic (exact) mass is 335 g/mol. The number of hydrogen-bond acceptors (Lipinski definition) is 4. The maximum Gasteiger partial charge on any atom is 0.246 e. The average molecular weight is 335 g/mol. The molecule has 0 saturated carbocycles. The number of rotatable bonds is 10. The van der Waals surface area contributed by atoms with Gasteiger partial charge in [0.25, 0.3) is 0 Å². The van der Waals surface area contributed by atoms with Crippen LogP contribution in [-0.4, -0.2) is 49.7 Å². The van der Waals surface area contributed by atoms with E-state index in [0.717, 1.165) is 19.6 Å². The minimum atomic E-state index is -0.187. The molecule has 1 heterocycles. The lowest BCUT2D eigenvalue weighted by Gasteiger charge is -2.12. The maximum absolute atomic E-state index is 11.9. The first-order valence-electron chi connectivity index (χ1n) is 8.41. The van der Waals surface area contributed by atoms with Crippen molar-refractivity contribution >= 4 is 17.6 Å². The first-order chi connectivity index (χ1) is 11.6. The van der Waals surface area contributed by atoms with Crippen LogP contribution < -0.4 is 16.0 Å². The van der Waals surface area contributed by atoms with Crippen LogP contribution in [0.1, 0.15) is 27.2 Å². The van der Waals surface area contributed by atoms with Gasteiger partial charge in [-0.2, -0.15) is 0 Å². The highest BCUT2D eigenvalue weighted by Gasteiger charge is 2.03. The largest absolute Gasteiger partial charge is 0.380 e. The smallest absolute Gasteiger partial charge is 0.246 e. The molecule has 1 aromatic heterocycles. The van der Waals surface area contributed by atoms with E-state index in [4.69, 9.17) is 4.74 Å². The van der Waals surface area contributed by atoms with E-state index in [1.807, 2.05) is 6.92 Å².